The Morgan fingerprint density at radius 2 is 1.80 bits per heavy atom. The molecule has 0 aliphatic carbocycles. The van der Waals surface area contributed by atoms with Crippen LogP contribution in [-0.4, -0.2) is 30.3 Å². The highest BCUT2D eigenvalue weighted by molar-refractivity contribution is 14.1. The molecule has 1 aromatic carbocycles. The largest absolute Gasteiger partial charge is 0.368 e. The first-order valence-electron chi connectivity index (χ1n) is 8.46. The van der Waals surface area contributed by atoms with Crippen molar-refractivity contribution in [1.29, 1.82) is 0 Å². The summed E-state index contributed by atoms with van der Waals surface area (Å²) in [5.74, 6) is -0.765. The number of unbranched alkanes of at least 4 members (excludes halogenated alkanes) is 1. The number of nitrogens with one attached hydrogen (secondary N) is 2. The quantitative estimate of drug-likeness (QED) is 0.348. The van der Waals surface area contributed by atoms with Crippen LogP contribution in [0.2, 0.25) is 0 Å². The summed E-state index contributed by atoms with van der Waals surface area (Å²) in [6, 6.07) is 7.67. The molecule has 25 heavy (non-hydrogen) atoms. The maximum Gasteiger partial charge on any atom is 0.239 e. The Hall–Kier alpha value is -1.64. The molecular weight excluding hydrogens is 433 g/mol. The second-order valence-electron chi connectivity index (χ2n) is 5.98. The van der Waals surface area contributed by atoms with Gasteiger partial charge in [-0.15, -0.1) is 0 Å². The first kappa shape index (κ1) is 21.4. The summed E-state index contributed by atoms with van der Waals surface area (Å²) in [6.07, 6.45) is 4.14. The third kappa shape index (κ3) is 10.1. The highest BCUT2D eigenvalue weighted by Crippen LogP contribution is 2.09. The van der Waals surface area contributed by atoms with E-state index in [2.05, 4.69) is 57.5 Å². The Labute approximate surface area is 162 Å². The predicted octanol–water partition coefficient (Wildman–Crippen LogP) is 1.89. The van der Waals surface area contributed by atoms with Crippen molar-refractivity contribution < 1.29 is 14.4 Å². The molecule has 0 heterocycles. The Morgan fingerprint density at radius 3 is 2.40 bits per heavy atom. The second kappa shape index (κ2) is 11.8. The normalized spacial score (nSPS) is 11.6. The zero-order chi connectivity index (χ0) is 18.7. The van der Waals surface area contributed by atoms with Gasteiger partial charge < -0.3 is 16.4 Å². The standard InChI is InChI=1S/C18H26IN3O3/c1-13(23)22-16(18(20)25)6-2-3-12-21-17(24)7-4-5-14-8-10-15(19)11-9-14/h8-11,16H,2-7,12H2,1H3,(H2,20,25)(H,21,24)(H,22,23)/t16-/m0/s1. The number of aryl methyl sites for hydroxylation is 1. The average molecular weight is 459 g/mol. The molecular formula is C18H26IN3O3. The van der Waals surface area contributed by atoms with Crippen LogP contribution >= 0.6 is 22.6 Å². The van der Waals surface area contributed by atoms with Crippen LogP contribution in [0.4, 0.5) is 0 Å². The van der Waals surface area contributed by atoms with E-state index in [1.54, 1.807) is 0 Å². The second-order valence-corrected chi connectivity index (χ2v) is 7.23. The third-order valence-electron chi connectivity index (χ3n) is 3.75. The molecule has 0 spiro atoms. The van der Waals surface area contributed by atoms with Crippen molar-refractivity contribution in [3.8, 4) is 0 Å². The number of rotatable bonds is 11. The van der Waals surface area contributed by atoms with Gasteiger partial charge in [0.2, 0.25) is 17.7 Å². The third-order valence-corrected chi connectivity index (χ3v) is 4.46. The number of benzene rings is 1. The van der Waals surface area contributed by atoms with E-state index in [1.807, 2.05) is 0 Å². The van der Waals surface area contributed by atoms with Gasteiger partial charge in [0.1, 0.15) is 6.04 Å². The molecule has 0 radical (unpaired) electrons. The van der Waals surface area contributed by atoms with Gasteiger partial charge in [-0.1, -0.05) is 12.1 Å². The van der Waals surface area contributed by atoms with Crippen molar-refractivity contribution in [3.63, 3.8) is 0 Å². The summed E-state index contributed by atoms with van der Waals surface area (Å²) in [4.78, 5) is 34.0. The summed E-state index contributed by atoms with van der Waals surface area (Å²) in [6.45, 7) is 1.92. The van der Waals surface area contributed by atoms with Gasteiger partial charge >= 0.3 is 0 Å². The van der Waals surface area contributed by atoms with E-state index < -0.39 is 11.9 Å². The van der Waals surface area contributed by atoms with Crippen LogP contribution < -0.4 is 16.4 Å². The van der Waals surface area contributed by atoms with Gasteiger partial charge in [-0.05, 0) is 72.4 Å². The lowest BCUT2D eigenvalue weighted by Crippen LogP contribution is -2.43. The minimum absolute atomic E-state index is 0.0406. The summed E-state index contributed by atoms with van der Waals surface area (Å²) in [5.41, 5.74) is 6.47. The topological polar surface area (TPSA) is 101 Å². The molecule has 1 atom stereocenters. The van der Waals surface area contributed by atoms with Crippen molar-refractivity contribution in [3.05, 3.63) is 33.4 Å². The smallest absolute Gasteiger partial charge is 0.239 e. The Kier molecular flexibility index (Phi) is 10.1. The van der Waals surface area contributed by atoms with E-state index in [0.717, 1.165) is 19.3 Å². The molecule has 7 heteroatoms. The van der Waals surface area contributed by atoms with Crippen molar-refractivity contribution in [2.75, 3.05) is 6.54 Å². The van der Waals surface area contributed by atoms with E-state index in [0.29, 0.717) is 25.8 Å². The highest BCUT2D eigenvalue weighted by atomic mass is 127. The maximum absolute atomic E-state index is 11.8. The van der Waals surface area contributed by atoms with E-state index in [9.17, 15) is 14.4 Å². The van der Waals surface area contributed by atoms with E-state index in [4.69, 9.17) is 5.73 Å². The van der Waals surface area contributed by atoms with Crippen molar-refractivity contribution in [2.45, 2.75) is 51.5 Å². The minimum Gasteiger partial charge on any atom is -0.368 e. The van der Waals surface area contributed by atoms with E-state index in [-0.39, 0.29) is 11.8 Å². The molecule has 0 saturated carbocycles. The number of nitrogens with two attached hydrogens (primary N) is 1. The van der Waals surface area contributed by atoms with Gasteiger partial charge in [-0.2, -0.15) is 0 Å². The van der Waals surface area contributed by atoms with Crippen LogP contribution in [0.1, 0.15) is 44.6 Å². The summed E-state index contributed by atoms with van der Waals surface area (Å²) < 4.78 is 1.20. The van der Waals surface area contributed by atoms with E-state index in [1.165, 1.54) is 16.1 Å². The highest BCUT2D eigenvalue weighted by Gasteiger charge is 2.15. The average Bonchev–Trinajstić information content (AvgIpc) is 2.54. The van der Waals surface area contributed by atoms with Gasteiger partial charge in [-0.25, -0.2) is 0 Å². The molecule has 4 N–H and O–H groups in total. The van der Waals surface area contributed by atoms with E-state index >= 15 is 0 Å². The Morgan fingerprint density at radius 1 is 1.12 bits per heavy atom. The summed E-state index contributed by atoms with van der Waals surface area (Å²) in [5, 5.41) is 5.40. The Balaban J connectivity index is 2.10. The fourth-order valence-electron chi connectivity index (χ4n) is 2.42. The number of hydrogen-bond donors (Lipinski definition) is 3. The molecule has 1 aromatic rings. The number of carbonyl (C=O) groups is 3. The number of carbonyl (C=O) groups excluding carboxylic acids is 3. The molecule has 3 amide bonds. The lowest BCUT2D eigenvalue weighted by Gasteiger charge is -2.14. The first-order valence-corrected chi connectivity index (χ1v) is 9.54. The van der Waals surface area contributed by atoms with Crippen LogP contribution in [-0.2, 0) is 20.8 Å². The van der Waals surface area contributed by atoms with Crippen molar-refractivity contribution in [1.82, 2.24) is 10.6 Å². The Bertz CT molecular complexity index is 575. The molecule has 0 fully saturated rings. The SMILES string of the molecule is CC(=O)N[C@@H](CCCCNC(=O)CCCc1ccc(I)cc1)C(N)=O. The number of hydrogen-bond acceptors (Lipinski definition) is 3. The molecule has 0 bridgehead atoms. The first-order chi connectivity index (χ1) is 11.9. The van der Waals surface area contributed by atoms with Crippen molar-refractivity contribution >= 4 is 40.3 Å². The molecule has 1 rings (SSSR count). The summed E-state index contributed by atoms with van der Waals surface area (Å²) >= 11 is 2.27. The van der Waals surface area contributed by atoms with Gasteiger partial charge in [0.15, 0.2) is 0 Å². The molecule has 0 aromatic heterocycles. The minimum atomic E-state index is -0.637. The van der Waals surface area contributed by atoms with Crippen molar-refractivity contribution in [2.24, 2.45) is 5.73 Å². The van der Waals surface area contributed by atoms with Crippen LogP contribution in [0.5, 0.6) is 0 Å². The number of halogens is 1. The lowest BCUT2D eigenvalue weighted by molar-refractivity contribution is -0.126. The zero-order valence-electron chi connectivity index (χ0n) is 14.5. The number of amides is 3. The van der Waals surface area contributed by atoms with Gasteiger partial charge in [0.05, 0.1) is 0 Å². The fraction of sp³-hybridized carbons (Fsp3) is 0.500. The fourth-order valence-corrected chi connectivity index (χ4v) is 2.78. The molecule has 138 valence electrons. The van der Waals surface area contributed by atoms with Gasteiger partial charge in [0.25, 0.3) is 0 Å². The van der Waals surface area contributed by atoms with Gasteiger partial charge in [-0.3, -0.25) is 14.4 Å². The molecule has 0 unspecified atom stereocenters. The van der Waals surface area contributed by atoms with Gasteiger partial charge in [0, 0.05) is 23.5 Å². The van der Waals surface area contributed by atoms with Crippen LogP contribution in [0.3, 0.4) is 0 Å². The van der Waals surface area contributed by atoms with Crippen LogP contribution in [0, 0.1) is 3.57 Å². The lowest BCUT2D eigenvalue weighted by atomic mass is 10.1. The summed E-state index contributed by atoms with van der Waals surface area (Å²) in [7, 11) is 0. The number of primary amides is 1. The molecule has 0 aliphatic heterocycles. The maximum atomic E-state index is 11.8. The van der Waals surface area contributed by atoms with Crippen LogP contribution in [0.15, 0.2) is 24.3 Å². The van der Waals surface area contributed by atoms with Crippen LogP contribution in [0.25, 0.3) is 0 Å². The zero-order valence-corrected chi connectivity index (χ0v) is 16.7. The monoisotopic (exact) mass is 459 g/mol. The molecule has 6 nitrogen and oxygen atoms in total. The molecule has 0 aliphatic rings. The predicted molar refractivity (Wildman–Crippen MR) is 106 cm³/mol. The molecule has 0 saturated heterocycles.